The summed E-state index contributed by atoms with van der Waals surface area (Å²) in [5.41, 5.74) is 0. The van der Waals surface area contributed by atoms with Crippen molar-refractivity contribution in [1.82, 2.24) is 20.5 Å². The summed E-state index contributed by atoms with van der Waals surface area (Å²) in [7, 11) is 0. The second kappa shape index (κ2) is 4.75. The van der Waals surface area contributed by atoms with Crippen molar-refractivity contribution in [3.05, 3.63) is 12.2 Å². The zero-order chi connectivity index (χ0) is 12.4. The maximum atomic E-state index is 11.5. The van der Waals surface area contributed by atoms with Gasteiger partial charge in [0, 0.05) is 0 Å². The Bertz CT molecular complexity index is 383. The van der Waals surface area contributed by atoms with Crippen molar-refractivity contribution in [2.75, 3.05) is 6.61 Å². The van der Waals surface area contributed by atoms with Gasteiger partial charge >= 0.3 is 0 Å². The summed E-state index contributed by atoms with van der Waals surface area (Å²) in [6.45, 7) is -0.453. The third-order valence-corrected chi connectivity index (χ3v) is 2.43. The molecule has 0 aliphatic carbocycles. The first-order valence-electron chi connectivity index (χ1n) is 4.92. The van der Waals surface area contributed by atoms with Crippen LogP contribution in [0.1, 0.15) is 10.6 Å². The van der Waals surface area contributed by atoms with E-state index in [0.717, 1.165) is 0 Å². The Morgan fingerprint density at radius 1 is 1.53 bits per heavy atom. The van der Waals surface area contributed by atoms with Gasteiger partial charge in [-0.15, -0.1) is 5.10 Å². The number of carbonyl (C=O) groups excluding carboxylic acids is 1. The van der Waals surface area contributed by atoms with Crippen molar-refractivity contribution in [2.45, 2.75) is 24.5 Å². The van der Waals surface area contributed by atoms with Gasteiger partial charge in [0.2, 0.25) is 5.82 Å². The molecule has 1 saturated heterocycles. The highest BCUT2D eigenvalue weighted by molar-refractivity contribution is 5.90. The molecular formula is C8H12N4O5. The molecule has 5 N–H and O–H groups in total. The molecule has 17 heavy (non-hydrogen) atoms. The van der Waals surface area contributed by atoms with E-state index in [4.69, 9.17) is 9.84 Å². The summed E-state index contributed by atoms with van der Waals surface area (Å²) in [4.78, 5) is 15.1. The van der Waals surface area contributed by atoms with Gasteiger partial charge in [-0.1, -0.05) is 0 Å². The first-order valence-corrected chi connectivity index (χ1v) is 4.92. The summed E-state index contributed by atoms with van der Waals surface area (Å²) >= 11 is 0. The Kier molecular flexibility index (Phi) is 3.33. The highest BCUT2D eigenvalue weighted by Crippen LogP contribution is 2.19. The van der Waals surface area contributed by atoms with Gasteiger partial charge in [0.1, 0.15) is 24.6 Å². The summed E-state index contributed by atoms with van der Waals surface area (Å²) in [6.07, 6.45) is -3.37. The molecule has 1 amide bonds. The topological polar surface area (TPSA) is 141 Å². The van der Waals surface area contributed by atoms with E-state index in [1.807, 2.05) is 0 Å². The van der Waals surface area contributed by atoms with Crippen LogP contribution in [-0.4, -0.2) is 67.6 Å². The van der Waals surface area contributed by atoms with Crippen LogP contribution in [0, 0.1) is 0 Å². The number of rotatable bonds is 3. The number of carbonyl (C=O) groups is 1. The number of hydrogen-bond donors (Lipinski definition) is 5. The van der Waals surface area contributed by atoms with Crippen LogP contribution in [0.15, 0.2) is 6.33 Å². The zero-order valence-corrected chi connectivity index (χ0v) is 8.65. The van der Waals surface area contributed by atoms with E-state index in [2.05, 4.69) is 20.5 Å². The molecule has 0 bridgehead atoms. The summed E-state index contributed by atoms with van der Waals surface area (Å²) in [6, 6.07) is 0. The Morgan fingerprint density at radius 3 is 2.82 bits per heavy atom. The van der Waals surface area contributed by atoms with Gasteiger partial charge in [-0.25, -0.2) is 4.98 Å². The van der Waals surface area contributed by atoms with Crippen LogP contribution in [0.2, 0.25) is 0 Å². The highest BCUT2D eigenvalue weighted by Gasteiger charge is 2.43. The van der Waals surface area contributed by atoms with E-state index in [9.17, 15) is 15.0 Å². The summed E-state index contributed by atoms with van der Waals surface area (Å²) in [5, 5.41) is 36.1. The van der Waals surface area contributed by atoms with Crippen molar-refractivity contribution in [3.63, 3.8) is 0 Å². The predicted octanol–water partition coefficient (Wildman–Crippen LogP) is -3.03. The van der Waals surface area contributed by atoms with E-state index in [-0.39, 0.29) is 5.82 Å². The third kappa shape index (κ3) is 2.26. The minimum Gasteiger partial charge on any atom is -0.394 e. The van der Waals surface area contributed by atoms with Crippen LogP contribution in [0.3, 0.4) is 0 Å². The molecule has 4 atom stereocenters. The minimum absolute atomic E-state index is 0.109. The number of hydrogen-bond acceptors (Lipinski definition) is 7. The fourth-order valence-corrected chi connectivity index (χ4v) is 1.53. The van der Waals surface area contributed by atoms with Gasteiger partial charge < -0.3 is 25.4 Å². The number of H-pyrrole nitrogens is 1. The molecule has 0 radical (unpaired) electrons. The number of aromatic amines is 1. The van der Waals surface area contributed by atoms with Crippen molar-refractivity contribution in [2.24, 2.45) is 0 Å². The Balaban J connectivity index is 1.98. The number of aliphatic hydroxyl groups is 3. The smallest absolute Gasteiger partial charge is 0.293 e. The SMILES string of the molecule is O=C(N[C@@H]1O[C@H](CO)[C@@H](O)[C@H]1O)c1nc[nH]n1. The Labute approximate surface area is 95.4 Å². The van der Waals surface area contributed by atoms with Crippen LogP contribution in [0.5, 0.6) is 0 Å². The predicted molar refractivity (Wildman–Crippen MR) is 51.6 cm³/mol. The molecule has 9 nitrogen and oxygen atoms in total. The fraction of sp³-hybridized carbons (Fsp3) is 0.625. The van der Waals surface area contributed by atoms with Gasteiger partial charge in [-0.3, -0.25) is 9.89 Å². The molecule has 1 aliphatic rings. The lowest BCUT2D eigenvalue weighted by molar-refractivity contribution is -0.0305. The molecule has 2 heterocycles. The lowest BCUT2D eigenvalue weighted by atomic mass is 10.1. The molecule has 0 aromatic carbocycles. The fourth-order valence-electron chi connectivity index (χ4n) is 1.53. The quantitative estimate of drug-likeness (QED) is 0.381. The second-order valence-corrected chi connectivity index (χ2v) is 3.56. The Morgan fingerprint density at radius 2 is 2.29 bits per heavy atom. The van der Waals surface area contributed by atoms with E-state index in [0.29, 0.717) is 0 Å². The maximum absolute atomic E-state index is 11.5. The Hall–Kier alpha value is -1.55. The van der Waals surface area contributed by atoms with Gasteiger partial charge in [0.05, 0.1) is 6.61 Å². The van der Waals surface area contributed by atoms with Crippen LogP contribution >= 0.6 is 0 Å². The summed E-state index contributed by atoms with van der Waals surface area (Å²) < 4.78 is 5.06. The number of nitrogens with zero attached hydrogens (tertiary/aromatic N) is 2. The number of aliphatic hydroxyl groups excluding tert-OH is 3. The van der Waals surface area contributed by atoms with Gasteiger partial charge in [-0.2, -0.15) is 0 Å². The van der Waals surface area contributed by atoms with Gasteiger partial charge in [0.25, 0.3) is 5.91 Å². The van der Waals surface area contributed by atoms with Crippen molar-refractivity contribution in [1.29, 1.82) is 0 Å². The molecule has 2 rings (SSSR count). The standard InChI is InChI=1S/C8H12N4O5/c13-1-3-4(14)5(15)8(17-3)11-7(16)6-9-2-10-12-6/h2-5,8,13-15H,1H2,(H,11,16)(H,9,10,12)/t3-,4-,5-,8-/m1/s1. The van der Waals surface area contributed by atoms with E-state index in [1.54, 1.807) is 0 Å². The normalized spacial score (nSPS) is 32.6. The van der Waals surface area contributed by atoms with Crippen LogP contribution in [0.4, 0.5) is 0 Å². The monoisotopic (exact) mass is 244 g/mol. The lowest BCUT2D eigenvalue weighted by Crippen LogP contribution is -2.44. The number of ether oxygens (including phenoxy) is 1. The largest absolute Gasteiger partial charge is 0.394 e. The van der Waals surface area contributed by atoms with E-state index < -0.39 is 37.1 Å². The molecule has 1 aliphatic heterocycles. The van der Waals surface area contributed by atoms with Crippen molar-refractivity contribution < 1.29 is 24.9 Å². The van der Waals surface area contributed by atoms with Crippen LogP contribution in [0.25, 0.3) is 0 Å². The van der Waals surface area contributed by atoms with E-state index in [1.165, 1.54) is 6.33 Å². The average Bonchev–Trinajstić information content (AvgIpc) is 2.93. The van der Waals surface area contributed by atoms with Crippen LogP contribution in [-0.2, 0) is 4.74 Å². The minimum atomic E-state index is -1.31. The number of aromatic nitrogens is 3. The molecular weight excluding hydrogens is 232 g/mol. The molecule has 1 aromatic heterocycles. The van der Waals surface area contributed by atoms with Gasteiger partial charge in [-0.05, 0) is 0 Å². The highest BCUT2D eigenvalue weighted by atomic mass is 16.6. The maximum Gasteiger partial charge on any atom is 0.293 e. The molecule has 1 fully saturated rings. The molecule has 0 saturated carbocycles. The molecule has 1 aromatic rings. The van der Waals surface area contributed by atoms with Gasteiger partial charge in [0.15, 0.2) is 6.23 Å². The lowest BCUT2D eigenvalue weighted by Gasteiger charge is -2.14. The summed E-state index contributed by atoms with van der Waals surface area (Å²) in [5.74, 6) is -0.760. The van der Waals surface area contributed by atoms with Crippen molar-refractivity contribution >= 4 is 5.91 Å². The van der Waals surface area contributed by atoms with E-state index >= 15 is 0 Å². The first-order chi connectivity index (χ1) is 8.13. The number of nitrogens with one attached hydrogen (secondary N) is 2. The zero-order valence-electron chi connectivity index (χ0n) is 8.65. The van der Waals surface area contributed by atoms with Crippen molar-refractivity contribution in [3.8, 4) is 0 Å². The second-order valence-electron chi connectivity index (χ2n) is 3.56. The molecule has 0 unspecified atom stereocenters. The number of amides is 1. The molecule has 9 heteroatoms. The first kappa shape index (κ1) is 11.9. The molecule has 0 spiro atoms. The average molecular weight is 244 g/mol. The van der Waals surface area contributed by atoms with Crippen LogP contribution < -0.4 is 5.32 Å². The molecule has 94 valence electrons. The third-order valence-electron chi connectivity index (χ3n) is 2.43.